The number of carbonyl (C=O) groups is 2. The molecule has 3 rings (SSSR count). The summed E-state index contributed by atoms with van der Waals surface area (Å²) in [6, 6.07) is 13.9. The van der Waals surface area contributed by atoms with Crippen molar-refractivity contribution < 1.29 is 9.59 Å². The molecule has 3 nitrogen and oxygen atoms in total. The number of amides is 1. The first kappa shape index (κ1) is 17.0. The van der Waals surface area contributed by atoms with Gasteiger partial charge >= 0.3 is 0 Å². The van der Waals surface area contributed by atoms with E-state index >= 15 is 0 Å². The molecule has 0 saturated carbocycles. The molecule has 0 atom stereocenters. The third kappa shape index (κ3) is 3.80. The maximum Gasteiger partial charge on any atom is 0.253 e. The summed E-state index contributed by atoms with van der Waals surface area (Å²) in [5.74, 6) is 0.0472. The summed E-state index contributed by atoms with van der Waals surface area (Å²) >= 11 is 11.8. The predicted molar refractivity (Wildman–Crippen MR) is 95.9 cm³/mol. The van der Waals surface area contributed by atoms with Gasteiger partial charge in [-0.2, -0.15) is 0 Å². The summed E-state index contributed by atoms with van der Waals surface area (Å²) in [7, 11) is 0. The lowest BCUT2D eigenvalue weighted by Gasteiger charge is -2.31. The molecule has 0 spiro atoms. The molecule has 0 N–H and O–H groups in total. The van der Waals surface area contributed by atoms with E-state index in [1.807, 2.05) is 0 Å². The van der Waals surface area contributed by atoms with E-state index in [-0.39, 0.29) is 17.6 Å². The van der Waals surface area contributed by atoms with Gasteiger partial charge in [0.2, 0.25) is 0 Å². The third-order valence-electron chi connectivity index (χ3n) is 4.35. The molecule has 1 heterocycles. The number of Topliss-reactive ketones (excluding diaryl/α,β-unsaturated/α-hetero) is 1. The van der Waals surface area contributed by atoms with Crippen LogP contribution in [-0.2, 0) is 0 Å². The van der Waals surface area contributed by atoms with Crippen molar-refractivity contribution >= 4 is 34.9 Å². The average molecular weight is 362 g/mol. The average Bonchev–Trinajstić information content (AvgIpc) is 2.61. The van der Waals surface area contributed by atoms with E-state index in [9.17, 15) is 9.59 Å². The number of rotatable bonds is 3. The van der Waals surface area contributed by atoms with Crippen molar-refractivity contribution in [2.45, 2.75) is 12.8 Å². The van der Waals surface area contributed by atoms with Gasteiger partial charge in [-0.1, -0.05) is 29.3 Å². The van der Waals surface area contributed by atoms with Gasteiger partial charge in [0.05, 0.1) is 0 Å². The molecular formula is C19H17Cl2NO2. The van der Waals surface area contributed by atoms with E-state index < -0.39 is 0 Å². The van der Waals surface area contributed by atoms with Crippen molar-refractivity contribution in [3.05, 3.63) is 69.7 Å². The summed E-state index contributed by atoms with van der Waals surface area (Å²) < 4.78 is 0. The standard InChI is InChI=1S/C19H17Cl2NO2/c20-16-6-4-13(5-7-16)18(23)14-8-10-22(11-9-14)19(24)15-2-1-3-17(21)12-15/h1-7,12,14H,8-11H2. The summed E-state index contributed by atoms with van der Waals surface area (Å²) in [6.45, 7) is 1.16. The van der Waals surface area contributed by atoms with Crippen LogP contribution in [0.3, 0.4) is 0 Å². The molecule has 124 valence electrons. The Labute approximate surface area is 151 Å². The maximum absolute atomic E-state index is 12.5. The van der Waals surface area contributed by atoms with Crippen LogP contribution in [0.1, 0.15) is 33.6 Å². The van der Waals surface area contributed by atoms with Crippen molar-refractivity contribution in [1.82, 2.24) is 4.90 Å². The zero-order valence-corrected chi connectivity index (χ0v) is 14.6. The summed E-state index contributed by atoms with van der Waals surface area (Å²) in [5, 5.41) is 1.17. The van der Waals surface area contributed by atoms with Crippen molar-refractivity contribution in [3.8, 4) is 0 Å². The fraction of sp³-hybridized carbons (Fsp3) is 0.263. The van der Waals surface area contributed by atoms with Crippen LogP contribution in [0.15, 0.2) is 48.5 Å². The highest BCUT2D eigenvalue weighted by Gasteiger charge is 2.28. The van der Waals surface area contributed by atoms with Crippen LogP contribution in [0.4, 0.5) is 0 Å². The first-order valence-electron chi connectivity index (χ1n) is 7.89. The van der Waals surface area contributed by atoms with E-state index in [4.69, 9.17) is 23.2 Å². The molecular weight excluding hydrogens is 345 g/mol. The van der Waals surface area contributed by atoms with Gasteiger partial charge in [-0.25, -0.2) is 0 Å². The fourth-order valence-corrected chi connectivity index (χ4v) is 3.31. The van der Waals surface area contributed by atoms with Crippen molar-refractivity contribution in [3.63, 3.8) is 0 Å². The van der Waals surface area contributed by atoms with E-state index in [1.54, 1.807) is 53.4 Å². The molecule has 0 aliphatic carbocycles. The lowest BCUT2D eigenvalue weighted by atomic mass is 9.88. The Morgan fingerprint density at radius 2 is 1.54 bits per heavy atom. The van der Waals surface area contributed by atoms with Crippen molar-refractivity contribution in [2.75, 3.05) is 13.1 Å². The van der Waals surface area contributed by atoms with Gasteiger partial charge in [0.1, 0.15) is 0 Å². The number of halogens is 2. The van der Waals surface area contributed by atoms with Gasteiger partial charge in [0.15, 0.2) is 5.78 Å². The van der Waals surface area contributed by atoms with E-state index in [2.05, 4.69) is 0 Å². The van der Waals surface area contributed by atoms with Crippen LogP contribution < -0.4 is 0 Å². The molecule has 2 aromatic rings. The number of carbonyl (C=O) groups excluding carboxylic acids is 2. The minimum absolute atomic E-state index is 0.0325. The van der Waals surface area contributed by atoms with Gasteiger partial charge in [-0.3, -0.25) is 9.59 Å². The molecule has 0 radical (unpaired) electrons. The lowest BCUT2D eigenvalue weighted by molar-refractivity contribution is 0.0650. The Balaban J connectivity index is 1.62. The van der Waals surface area contributed by atoms with E-state index in [1.165, 1.54) is 0 Å². The van der Waals surface area contributed by atoms with Crippen molar-refractivity contribution in [2.24, 2.45) is 5.92 Å². The first-order chi connectivity index (χ1) is 11.5. The molecule has 5 heteroatoms. The minimum Gasteiger partial charge on any atom is -0.339 e. The van der Waals surface area contributed by atoms with Crippen LogP contribution >= 0.6 is 23.2 Å². The van der Waals surface area contributed by atoms with Gasteiger partial charge in [0.25, 0.3) is 5.91 Å². The lowest BCUT2D eigenvalue weighted by Crippen LogP contribution is -2.40. The molecule has 0 aromatic heterocycles. The smallest absolute Gasteiger partial charge is 0.253 e. The van der Waals surface area contributed by atoms with Crippen LogP contribution in [0.5, 0.6) is 0 Å². The molecule has 24 heavy (non-hydrogen) atoms. The molecule has 0 unspecified atom stereocenters. The molecule has 1 aliphatic heterocycles. The Morgan fingerprint density at radius 3 is 2.17 bits per heavy atom. The van der Waals surface area contributed by atoms with Gasteiger partial charge in [0, 0.05) is 40.2 Å². The fourth-order valence-electron chi connectivity index (χ4n) is 3.00. The quantitative estimate of drug-likeness (QED) is 0.741. The molecule has 2 aromatic carbocycles. The largest absolute Gasteiger partial charge is 0.339 e. The highest BCUT2D eigenvalue weighted by Crippen LogP contribution is 2.24. The number of ketones is 1. The van der Waals surface area contributed by atoms with Gasteiger partial charge in [-0.05, 0) is 55.3 Å². The van der Waals surface area contributed by atoms with E-state index in [0.29, 0.717) is 47.1 Å². The molecule has 1 saturated heterocycles. The van der Waals surface area contributed by atoms with Crippen LogP contribution in [0.25, 0.3) is 0 Å². The molecule has 0 bridgehead atoms. The summed E-state index contributed by atoms with van der Waals surface area (Å²) in [4.78, 5) is 26.8. The second kappa shape index (κ2) is 7.37. The molecule has 1 fully saturated rings. The monoisotopic (exact) mass is 361 g/mol. The Hall–Kier alpha value is -1.84. The predicted octanol–water partition coefficient (Wildman–Crippen LogP) is 4.73. The zero-order valence-electron chi connectivity index (χ0n) is 13.0. The number of hydrogen-bond acceptors (Lipinski definition) is 2. The number of benzene rings is 2. The van der Waals surface area contributed by atoms with Gasteiger partial charge < -0.3 is 4.90 Å². The zero-order chi connectivity index (χ0) is 17.1. The number of hydrogen-bond donors (Lipinski definition) is 0. The highest BCUT2D eigenvalue weighted by atomic mass is 35.5. The van der Waals surface area contributed by atoms with Crippen LogP contribution in [0, 0.1) is 5.92 Å². The SMILES string of the molecule is O=C(c1ccc(Cl)cc1)C1CCN(C(=O)c2cccc(Cl)c2)CC1. The maximum atomic E-state index is 12.5. The molecule has 1 aliphatic rings. The molecule has 1 amide bonds. The number of nitrogens with zero attached hydrogens (tertiary/aromatic N) is 1. The number of likely N-dealkylation sites (tertiary alicyclic amines) is 1. The second-order valence-corrected chi connectivity index (χ2v) is 6.82. The van der Waals surface area contributed by atoms with Gasteiger partial charge in [-0.15, -0.1) is 0 Å². The Morgan fingerprint density at radius 1 is 0.875 bits per heavy atom. The topological polar surface area (TPSA) is 37.4 Å². The van der Waals surface area contributed by atoms with Crippen LogP contribution in [-0.4, -0.2) is 29.7 Å². The van der Waals surface area contributed by atoms with Crippen molar-refractivity contribution in [1.29, 1.82) is 0 Å². The van der Waals surface area contributed by atoms with Crippen LogP contribution in [0.2, 0.25) is 10.0 Å². The second-order valence-electron chi connectivity index (χ2n) is 5.95. The highest BCUT2D eigenvalue weighted by molar-refractivity contribution is 6.31. The minimum atomic E-state index is -0.0467. The van der Waals surface area contributed by atoms with E-state index in [0.717, 1.165) is 0 Å². The number of piperidine rings is 1. The third-order valence-corrected chi connectivity index (χ3v) is 4.84. The first-order valence-corrected chi connectivity index (χ1v) is 8.65. The Kier molecular flexibility index (Phi) is 5.22. The normalized spacial score (nSPS) is 15.3. The summed E-state index contributed by atoms with van der Waals surface area (Å²) in [5.41, 5.74) is 1.27. The Bertz CT molecular complexity index is 750. The summed E-state index contributed by atoms with van der Waals surface area (Å²) in [6.07, 6.45) is 1.35.